The first-order chi connectivity index (χ1) is 14.7. The summed E-state index contributed by atoms with van der Waals surface area (Å²) in [4.78, 5) is 12.2. The molecule has 3 rings (SSSR count). The highest BCUT2D eigenvalue weighted by Gasteiger charge is 2.20. The Bertz CT molecular complexity index is 895. The van der Waals surface area contributed by atoms with Gasteiger partial charge in [-0.3, -0.25) is 4.79 Å². The molecular formula is C26H29NO3. The second kappa shape index (κ2) is 11.2. The van der Waals surface area contributed by atoms with E-state index in [0.717, 1.165) is 16.9 Å². The normalized spacial score (nSPS) is 12.7. The molecule has 4 nitrogen and oxygen atoms in total. The van der Waals surface area contributed by atoms with Crippen LogP contribution in [0.5, 0.6) is 5.75 Å². The third kappa shape index (κ3) is 6.46. The van der Waals surface area contributed by atoms with Gasteiger partial charge in [0.05, 0.1) is 13.0 Å². The summed E-state index contributed by atoms with van der Waals surface area (Å²) in [6.45, 7) is 4.83. The summed E-state index contributed by atoms with van der Waals surface area (Å²) in [7, 11) is 0. The maximum absolute atomic E-state index is 12.2. The molecule has 0 saturated carbocycles. The number of nitrogens with one attached hydrogen (secondary N) is 1. The zero-order valence-electron chi connectivity index (χ0n) is 17.6. The van der Waals surface area contributed by atoms with Gasteiger partial charge in [-0.2, -0.15) is 0 Å². The molecule has 0 saturated heterocycles. The van der Waals surface area contributed by atoms with Crippen molar-refractivity contribution in [1.29, 1.82) is 0 Å². The summed E-state index contributed by atoms with van der Waals surface area (Å²) in [6, 6.07) is 28.1. The molecule has 3 aromatic carbocycles. The molecule has 0 bridgehead atoms. The van der Waals surface area contributed by atoms with E-state index in [2.05, 4.69) is 24.4 Å². The molecule has 0 heterocycles. The zero-order valence-corrected chi connectivity index (χ0v) is 17.6. The molecule has 0 aliphatic heterocycles. The van der Waals surface area contributed by atoms with E-state index < -0.39 is 0 Å². The fourth-order valence-corrected chi connectivity index (χ4v) is 3.34. The molecule has 0 unspecified atom stereocenters. The fourth-order valence-electron chi connectivity index (χ4n) is 3.34. The Labute approximate surface area is 178 Å². The Kier molecular flexibility index (Phi) is 8.04. The summed E-state index contributed by atoms with van der Waals surface area (Å²) >= 11 is 0. The number of hydrogen-bond acceptors (Lipinski definition) is 4. The summed E-state index contributed by atoms with van der Waals surface area (Å²) < 4.78 is 11.1. The Morgan fingerprint density at radius 1 is 0.867 bits per heavy atom. The van der Waals surface area contributed by atoms with Gasteiger partial charge >= 0.3 is 5.97 Å². The predicted molar refractivity (Wildman–Crippen MR) is 119 cm³/mol. The van der Waals surface area contributed by atoms with Crippen LogP contribution in [0, 0.1) is 0 Å². The van der Waals surface area contributed by atoms with Gasteiger partial charge < -0.3 is 14.8 Å². The number of ether oxygens (including phenoxy) is 2. The maximum atomic E-state index is 12.2. The van der Waals surface area contributed by atoms with Crippen molar-refractivity contribution in [3.8, 4) is 5.75 Å². The van der Waals surface area contributed by atoms with Crippen LogP contribution in [0.25, 0.3) is 0 Å². The fraction of sp³-hybridized carbons (Fsp3) is 0.269. The quantitative estimate of drug-likeness (QED) is 0.447. The van der Waals surface area contributed by atoms with Crippen molar-refractivity contribution < 1.29 is 14.3 Å². The average Bonchev–Trinajstić information content (AvgIpc) is 2.79. The molecule has 0 aromatic heterocycles. The molecule has 156 valence electrons. The van der Waals surface area contributed by atoms with Crippen LogP contribution in [0.1, 0.15) is 49.0 Å². The van der Waals surface area contributed by atoms with Crippen molar-refractivity contribution in [3.05, 3.63) is 102 Å². The van der Waals surface area contributed by atoms with E-state index in [-0.39, 0.29) is 24.5 Å². The number of benzene rings is 3. The first-order valence-electron chi connectivity index (χ1n) is 10.4. The molecule has 0 amide bonds. The van der Waals surface area contributed by atoms with Crippen molar-refractivity contribution in [3.63, 3.8) is 0 Å². The second-order valence-corrected chi connectivity index (χ2v) is 7.20. The lowest BCUT2D eigenvalue weighted by Gasteiger charge is -2.24. The minimum atomic E-state index is -0.209. The lowest BCUT2D eigenvalue weighted by molar-refractivity contribution is -0.143. The highest BCUT2D eigenvalue weighted by atomic mass is 16.5. The van der Waals surface area contributed by atoms with Crippen LogP contribution in [-0.2, 0) is 16.1 Å². The summed E-state index contributed by atoms with van der Waals surface area (Å²) in [5, 5.41) is 3.57. The van der Waals surface area contributed by atoms with Crippen molar-refractivity contribution >= 4 is 5.97 Å². The summed E-state index contributed by atoms with van der Waals surface area (Å²) in [5.41, 5.74) is 3.33. The van der Waals surface area contributed by atoms with Crippen LogP contribution in [0.3, 0.4) is 0 Å². The lowest BCUT2D eigenvalue weighted by atomic mass is 10.0. The maximum Gasteiger partial charge on any atom is 0.307 e. The number of hydrogen-bond donors (Lipinski definition) is 1. The van der Waals surface area contributed by atoms with Crippen molar-refractivity contribution in [1.82, 2.24) is 5.32 Å². The predicted octanol–water partition coefficient (Wildman–Crippen LogP) is 5.61. The van der Waals surface area contributed by atoms with Crippen LogP contribution >= 0.6 is 0 Å². The van der Waals surface area contributed by atoms with Crippen LogP contribution in [0.4, 0.5) is 0 Å². The number of rotatable bonds is 10. The van der Waals surface area contributed by atoms with Gasteiger partial charge in [-0.05, 0) is 42.7 Å². The lowest BCUT2D eigenvalue weighted by Crippen LogP contribution is -2.27. The van der Waals surface area contributed by atoms with Crippen molar-refractivity contribution in [2.24, 2.45) is 0 Å². The molecule has 0 fully saturated rings. The zero-order chi connectivity index (χ0) is 21.2. The largest absolute Gasteiger partial charge is 0.489 e. The second-order valence-electron chi connectivity index (χ2n) is 7.20. The summed E-state index contributed by atoms with van der Waals surface area (Å²) in [6.07, 6.45) is 0.273. The third-order valence-electron chi connectivity index (χ3n) is 4.96. The van der Waals surface area contributed by atoms with E-state index in [1.54, 1.807) is 0 Å². The highest BCUT2D eigenvalue weighted by molar-refractivity contribution is 5.70. The third-order valence-corrected chi connectivity index (χ3v) is 4.96. The molecule has 0 aliphatic rings. The molecule has 30 heavy (non-hydrogen) atoms. The number of carbonyl (C=O) groups is 1. The van der Waals surface area contributed by atoms with E-state index in [1.165, 1.54) is 5.56 Å². The van der Waals surface area contributed by atoms with Crippen LogP contribution in [0.15, 0.2) is 84.9 Å². The van der Waals surface area contributed by atoms with Crippen LogP contribution < -0.4 is 10.1 Å². The smallest absolute Gasteiger partial charge is 0.307 e. The molecule has 4 heteroatoms. The van der Waals surface area contributed by atoms with Crippen molar-refractivity contribution in [2.75, 3.05) is 6.61 Å². The minimum Gasteiger partial charge on any atom is -0.489 e. The van der Waals surface area contributed by atoms with E-state index in [4.69, 9.17) is 9.47 Å². The molecule has 0 radical (unpaired) electrons. The first kappa shape index (κ1) is 21.6. The van der Waals surface area contributed by atoms with E-state index >= 15 is 0 Å². The molecule has 0 aliphatic carbocycles. The van der Waals surface area contributed by atoms with Gasteiger partial charge in [0.25, 0.3) is 0 Å². The van der Waals surface area contributed by atoms with Crippen molar-refractivity contribution in [2.45, 2.75) is 39.0 Å². The standard InChI is InChI=1S/C26H29NO3/c1-3-29-26(28)18-25(27-20(2)22-12-8-5-9-13-22)23-14-16-24(17-15-23)30-19-21-10-6-4-7-11-21/h4-17,20,25,27H,3,18-19H2,1-2H3/t20-,25+/m1/s1. The SMILES string of the molecule is CCOC(=O)C[C@H](N[C@H](C)c1ccccc1)c1ccc(OCc2ccccc2)cc1. The topological polar surface area (TPSA) is 47.6 Å². The monoisotopic (exact) mass is 403 g/mol. The molecule has 3 aromatic rings. The van der Waals surface area contributed by atoms with Gasteiger partial charge in [-0.25, -0.2) is 0 Å². The van der Waals surface area contributed by atoms with Crippen LogP contribution in [0.2, 0.25) is 0 Å². The molecule has 1 N–H and O–H groups in total. The van der Waals surface area contributed by atoms with Gasteiger partial charge in [0.1, 0.15) is 12.4 Å². The van der Waals surface area contributed by atoms with Gasteiger partial charge in [0.15, 0.2) is 0 Å². The minimum absolute atomic E-state index is 0.0969. The van der Waals surface area contributed by atoms with Gasteiger partial charge in [0, 0.05) is 12.1 Å². The van der Waals surface area contributed by atoms with Gasteiger partial charge in [-0.15, -0.1) is 0 Å². The molecule has 0 spiro atoms. The van der Waals surface area contributed by atoms with Gasteiger partial charge in [0.2, 0.25) is 0 Å². The van der Waals surface area contributed by atoms with Crippen LogP contribution in [-0.4, -0.2) is 12.6 Å². The van der Waals surface area contributed by atoms with E-state index in [1.807, 2.05) is 79.7 Å². The number of esters is 1. The summed E-state index contributed by atoms with van der Waals surface area (Å²) in [5.74, 6) is 0.591. The Hall–Kier alpha value is -3.11. The number of carbonyl (C=O) groups excluding carboxylic acids is 1. The Morgan fingerprint density at radius 3 is 2.13 bits per heavy atom. The Balaban J connectivity index is 1.69. The highest BCUT2D eigenvalue weighted by Crippen LogP contribution is 2.25. The average molecular weight is 404 g/mol. The molecule has 2 atom stereocenters. The Morgan fingerprint density at radius 2 is 1.50 bits per heavy atom. The molecular weight excluding hydrogens is 374 g/mol. The van der Waals surface area contributed by atoms with E-state index in [0.29, 0.717) is 13.2 Å². The van der Waals surface area contributed by atoms with Gasteiger partial charge in [-0.1, -0.05) is 72.8 Å². The first-order valence-corrected chi connectivity index (χ1v) is 10.4. The van der Waals surface area contributed by atoms with E-state index in [9.17, 15) is 4.79 Å².